The van der Waals surface area contributed by atoms with Crippen LogP contribution < -0.4 is 5.32 Å². The van der Waals surface area contributed by atoms with Crippen LogP contribution in [0.25, 0.3) is 0 Å². The first-order chi connectivity index (χ1) is 9.70. The van der Waals surface area contributed by atoms with Crippen molar-refractivity contribution in [3.63, 3.8) is 0 Å². The Morgan fingerprint density at radius 1 is 1.35 bits per heavy atom. The van der Waals surface area contributed by atoms with Crippen molar-refractivity contribution < 1.29 is 4.74 Å². The van der Waals surface area contributed by atoms with E-state index in [2.05, 4.69) is 43.0 Å². The zero-order valence-corrected chi connectivity index (χ0v) is 13.3. The van der Waals surface area contributed by atoms with Crippen LogP contribution in [0.15, 0.2) is 12.4 Å². The summed E-state index contributed by atoms with van der Waals surface area (Å²) in [6.45, 7) is 10.3. The number of hydrogen-bond acceptors (Lipinski definition) is 2. The van der Waals surface area contributed by atoms with E-state index in [-0.39, 0.29) is 0 Å². The molecule has 0 bridgehead atoms. The monoisotopic (exact) mass is 278 g/mol. The maximum Gasteiger partial charge on any atom is 0.0645 e. The molecule has 0 saturated heterocycles. The Balaban J connectivity index is 1.94. The van der Waals surface area contributed by atoms with Crippen LogP contribution in [-0.2, 0) is 17.7 Å². The number of aryl methyl sites for hydroxylation is 1. The SMILES string of the molecule is CCNC1CCCCc2cn(CCOCC(C)C)cc21. The van der Waals surface area contributed by atoms with Gasteiger partial charge in [0, 0.05) is 31.6 Å². The minimum absolute atomic E-state index is 0.551. The Hall–Kier alpha value is -0.800. The highest BCUT2D eigenvalue weighted by atomic mass is 16.5. The first-order valence-corrected chi connectivity index (χ1v) is 8.20. The Morgan fingerprint density at radius 3 is 2.95 bits per heavy atom. The Kier molecular flexibility index (Phi) is 6.11. The quantitative estimate of drug-likeness (QED) is 0.610. The second-order valence-electron chi connectivity index (χ2n) is 6.30. The van der Waals surface area contributed by atoms with E-state index < -0.39 is 0 Å². The fourth-order valence-corrected chi connectivity index (χ4v) is 2.99. The van der Waals surface area contributed by atoms with Gasteiger partial charge in [0.25, 0.3) is 0 Å². The highest BCUT2D eigenvalue weighted by Crippen LogP contribution is 2.29. The number of nitrogens with zero attached hydrogens (tertiary/aromatic N) is 1. The molecule has 1 aromatic heterocycles. The van der Waals surface area contributed by atoms with Gasteiger partial charge in [-0.25, -0.2) is 0 Å². The van der Waals surface area contributed by atoms with E-state index in [1.54, 1.807) is 0 Å². The second-order valence-corrected chi connectivity index (χ2v) is 6.30. The predicted molar refractivity (Wildman–Crippen MR) is 84.1 cm³/mol. The van der Waals surface area contributed by atoms with Gasteiger partial charge in [-0.3, -0.25) is 0 Å². The van der Waals surface area contributed by atoms with E-state index in [0.717, 1.165) is 26.3 Å². The van der Waals surface area contributed by atoms with Crippen molar-refractivity contribution in [1.82, 2.24) is 9.88 Å². The van der Waals surface area contributed by atoms with Crippen molar-refractivity contribution in [3.05, 3.63) is 23.5 Å². The Labute approximate surface area is 123 Å². The van der Waals surface area contributed by atoms with E-state index in [4.69, 9.17) is 4.74 Å². The lowest BCUT2D eigenvalue weighted by Gasteiger charge is -2.15. The zero-order chi connectivity index (χ0) is 14.4. The first-order valence-electron chi connectivity index (χ1n) is 8.20. The third-order valence-corrected chi connectivity index (χ3v) is 3.96. The molecule has 114 valence electrons. The van der Waals surface area contributed by atoms with Crippen molar-refractivity contribution in [1.29, 1.82) is 0 Å². The largest absolute Gasteiger partial charge is 0.379 e. The van der Waals surface area contributed by atoms with Crippen molar-refractivity contribution in [3.8, 4) is 0 Å². The second kappa shape index (κ2) is 7.84. The van der Waals surface area contributed by atoms with Gasteiger partial charge >= 0.3 is 0 Å². The van der Waals surface area contributed by atoms with E-state index in [0.29, 0.717) is 12.0 Å². The lowest BCUT2D eigenvalue weighted by atomic mass is 10.0. The topological polar surface area (TPSA) is 26.2 Å². The van der Waals surface area contributed by atoms with Gasteiger partial charge in [-0.2, -0.15) is 0 Å². The van der Waals surface area contributed by atoms with Crippen molar-refractivity contribution in [2.75, 3.05) is 19.8 Å². The number of nitrogens with one attached hydrogen (secondary N) is 1. The van der Waals surface area contributed by atoms with Gasteiger partial charge in [0.2, 0.25) is 0 Å². The predicted octanol–water partition coefficient (Wildman–Crippen LogP) is 3.54. The number of ether oxygens (including phenoxy) is 1. The van der Waals surface area contributed by atoms with E-state index in [9.17, 15) is 0 Å². The molecule has 0 spiro atoms. The molecular formula is C17H30N2O. The van der Waals surface area contributed by atoms with E-state index in [1.165, 1.54) is 36.8 Å². The molecule has 1 heterocycles. The van der Waals surface area contributed by atoms with Gasteiger partial charge in [0.15, 0.2) is 0 Å². The summed E-state index contributed by atoms with van der Waals surface area (Å²) in [5.41, 5.74) is 3.06. The molecule has 0 fully saturated rings. The average Bonchev–Trinajstić information content (AvgIpc) is 2.73. The van der Waals surface area contributed by atoms with Crippen LogP contribution in [0.2, 0.25) is 0 Å². The highest BCUT2D eigenvalue weighted by molar-refractivity contribution is 5.29. The van der Waals surface area contributed by atoms with Crippen molar-refractivity contribution >= 4 is 0 Å². The van der Waals surface area contributed by atoms with Crippen LogP contribution in [0.5, 0.6) is 0 Å². The smallest absolute Gasteiger partial charge is 0.0645 e. The molecule has 0 saturated carbocycles. The fraction of sp³-hybridized carbons (Fsp3) is 0.765. The molecule has 1 aromatic rings. The molecule has 20 heavy (non-hydrogen) atoms. The summed E-state index contributed by atoms with van der Waals surface area (Å²) in [7, 11) is 0. The van der Waals surface area contributed by atoms with Gasteiger partial charge in [-0.05, 0) is 42.9 Å². The van der Waals surface area contributed by atoms with Gasteiger partial charge < -0.3 is 14.6 Å². The summed E-state index contributed by atoms with van der Waals surface area (Å²) in [6.07, 6.45) is 9.84. The van der Waals surface area contributed by atoms with E-state index >= 15 is 0 Å². The normalized spacial score (nSPS) is 19.1. The third-order valence-electron chi connectivity index (χ3n) is 3.96. The number of rotatable bonds is 7. The van der Waals surface area contributed by atoms with Gasteiger partial charge in [-0.15, -0.1) is 0 Å². The molecule has 0 radical (unpaired) electrons. The molecule has 1 unspecified atom stereocenters. The highest BCUT2D eigenvalue weighted by Gasteiger charge is 2.19. The molecule has 1 N–H and O–H groups in total. The minimum Gasteiger partial charge on any atom is -0.379 e. The number of hydrogen-bond donors (Lipinski definition) is 1. The van der Waals surface area contributed by atoms with Crippen LogP contribution >= 0.6 is 0 Å². The molecule has 0 aliphatic heterocycles. The zero-order valence-electron chi connectivity index (χ0n) is 13.3. The Bertz CT molecular complexity index is 398. The standard InChI is InChI=1S/C17H30N2O/c1-4-18-17-8-6-5-7-15-11-19(12-16(15)17)9-10-20-13-14(2)3/h11-12,14,17-18H,4-10,13H2,1-3H3. The molecule has 0 amide bonds. The summed E-state index contributed by atoms with van der Waals surface area (Å²) in [6, 6.07) is 0.551. The van der Waals surface area contributed by atoms with Gasteiger partial charge in [0.1, 0.15) is 0 Å². The van der Waals surface area contributed by atoms with Crippen LogP contribution in [0.4, 0.5) is 0 Å². The first kappa shape index (κ1) is 15.6. The number of fused-ring (bicyclic) bond motifs is 1. The molecule has 2 rings (SSSR count). The van der Waals surface area contributed by atoms with Crippen molar-refractivity contribution in [2.45, 2.75) is 59.0 Å². The van der Waals surface area contributed by atoms with Crippen LogP contribution in [0.1, 0.15) is 57.2 Å². The lowest BCUT2D eigenvalue weighted by Crippen LogP contribution is -2.20. The molecule has 1 aliphatic carbocycles. The number of aromatic nitrogens is 1. The van der Waals surface area contributed by atoms with E-state index in [1.807, 2.05) is 0 Å². The maximum atomic E-state index is 5.69. The lowest BCUT2D eigenvalue weighted by molar-refractivity contribution is 0.103. The molecule has 3 nitrogen and oxygen atoms in total. The minimum atomic E-state index is 0.551. The van der Waals surface area contributed by atoms with Crippen LogP contribution in [0, 0.1) is 5.92 Å². The van der Waals surface area contributed by atoms with Crippen molar-refractivity contribution in [2.24, 2.45) is 5.92 Å². The molecular weight excluding hydrogens is 248 g/mol. The van der Waals surface area contributed by atoms with Gasteiger partial charge in [0.05, 0.1) is 6.61 Å². The molecule has 1 aliphatic rings. The fourth-order valence-electron chi connectivity index (χ4n) is 2.99. The van der Waals surface area contributed by atoms with Crippen LogP contribution in [-0.4, -0.2) is 24.3 Å². The van der Waals surface area contributed by atoms with Gasteiger partial charge in [-0.1, -0.05) is 27.2 Å². The molecule has 1 atom stereocenters. The summed E-state index contributed by atoms with van der Waals surface area (Å²) in [5.74, 6) is 0.620. The Morgan fingerprint density at radius 2 is 2.20 bits per heavy atom. The molecule has 3 heteroatoms. The summed E-state index contributed by atoms with van der Waals surface area (Å²) < 4.78 is 8.01. The third kappa shape index (κ3) is 4.35. The summed E-state index contributed by atoms with van der Waals surface area (Å²) >= 11 is 0. The maximum absolute atomic E-state index is 5.69. The summed E-state index contributed by atoms with van der Waals surface area (Å²) in [5, 5.41) is 3.63. The van der Waals surface area contributed by atoms with Crippen LogP contribution in [0.3, 0.4) is 0 Å². The average molecular weight is 278 g/mol. The summed E-state index contributed by atoms with van der Waals surface area (Å²) in [4.78, 5) is 0. The molecule has 0 aromatic carbocycles.